The van der Waals surface area contributed by atoms with Crippen LogP contribution in [0.1, 0.15) is 38.5 Å². The fourth-order valence-electron chi connectivity index (χ4n) is 3.35. The zero-order valence-electron chi connectivity index (χ0n) is 7.55. The van der Waals surface area contributed by atoms with E-state index >= 15 is 0 Å². The summed E-state index contributed by atoms with van der Waals surface area (Å²) in [6, 6.07) is 0. The van der Waals surface area contributed by atoms with Crippen molar-refractivity contribution in [1.29, 1.82) is 0 Å². The number of hydrogen-bond acceptors (Lipinski definition) is 0. The molecule has 3 aliphatic rings. The van der Waals surface area contributed by atoms with Crippen molar-refractivity contribution in [1.82, 2.24) is 0 Å². The Morgan fingerprint density at radius 2 is 1.33 bits per heavy atom. The molecule has 0 heterocycles. The minimum atomic E-state index is 0.979. The van der Waals surface area contributed by atoms with E-state index < -0.39 is 0 Å². The molecule has 0 aliphatic heterocycles. The van der Waals surface area contributed by atoms with E-state index in [-0.39, 0.29) is 0 Å². The Labute approximate surface area is 74.4 Å². The van der Waals surface area contributed by atoms with E-state index in [0.29, 0.717) is 0 Å². The summed E-state index contributed by atoms with van der Waals surface area (Å²) in [5.74, 6) is 1.96. The number of rotatable bonds is 0. The normalized spacial score (nSPS) is 38.7. The van der Waals surface area contributed by atoms with Gasteiger partial charge in [0.05, 0.1) is 0 Å². The molecule has 0 spiro atoms. The first kappa shape index (κ1) is 6.94. The Hall–Kier alpha value is -0.520. The standard InChI is InChI=1S/C12H16/c1-3-9-7-8-10-4-2-6-12(9)11(10)5-1/h3-4,11-12H,1-2,5-8H2/t11-,12+. The first-order chi connectivity index (χ1) is 5.95. The Bertz CT molecular complexity index is 229. The highest BCUT2D eigenvalue weighted by Gasteiger charge is 2.35. The summed E-state index contributed by atoms with van der Waals surface area (Å²) in [5.41, 5.74) is 3.62. The summed E-state index contributed by atoms with van der Waals surface area (Å²) >= 11 is 0. The van der Waals surface area contributed by atoms with E-state index in [4.69, 9.17) is 0 Å². The van der Waals surface area contributed by atoms with E-state index in [0.717, 1.165) is 11.8 Å². The van der Waals surface area contributed by atoms with Crippen molar-refractivity contribution in [3.05, 3.63) is 23.3 Å². The Kier molecular flexibility index (Phi) is 1.44. The first-order valence-electron chi connectivity index (χ1n) is 5.33. The van der Waals surface area contributed by atoms with Crippen LogP contribution >= 0.6 is 0 Å². The molecule has 0 heteroatoms. The largest absolute Gasteiger partial charge is 0.0850 e. The molecule has 0 nitrogen and oxygen atoms in total. The van der Waals surface area contributed by atoms with Crippen LogP contribution in [0.15, 0.2) is 23.3 Å². The molecule has 3 aliphatic carbocycles. The Morgan fingerprint density at radius 1 is 0.833 bits per heavy atom. The number of allylic oxidation sites excluding steroid dienone is 4. The second-order valence-corrected chi connectivity index (χ2v) is 4.43. The van der Waals surface area contributed by atoms with Gasteiger partial charge in [-0.05, 0) is 50.4 Å². The zero-order valence-corrected chi connectivity index (χ0v) is 7.55. The Morgan fingerprint density at radius 3 is 1.83 bits per heavy atom. The first-order valence-corrected chi connectivity index (χ1v) is 5.33. The lowest BCUT2D eigenvalue weighted by Crippen LogP contribution is -2.29. The summed E-state index contributed by atoms with van der Waals surface area (Å²) < 4.78 is 0. The van der Waals surface area contributed by atoms with E-state index in [1.165, 1.54) is 38.5 Å². The highest BCUT2D eigenvalue weighted by Crippen LogP contribution is 2.48. The van der Waals surface area contributed by atoms with Crippen LogP contribution in [0.25, 0.3) is 0 Å². The van der Waals surface area contributed by atoms with Crippen molar-refractivity contribution >= 4 is 0 Å². The van der Waals surface area contributed by atoms with Gasteiger partial charge in [-0.25, -0.2) is 0 Å². The Balaban J connectivity index is 2.05. The van der Waals surface area contributed by atoms with Crippen LogP contribution < -0.4 is 0 Å². The zero-order chi connectivity index (χ0) is 7.97. The van der Waals surface area contributed by atoms with Gasteiger partial charge < -0.3 is 0 Å². The van der Waals surface area contributed by atoms with Crippen LogP contribution in [0.4, 0.5) is 0 Å². The topological polar surface area (TPSA) is 0 Å². The lowest BCUT2D eigenvalue weighted by Gasteiger charge is -2.42. The van der Waals surface area contributed by atoms with Crippen molar-refractivity contribution in [2.24, 2.45) is 11.8 Å². The highest BCUT2D eigenvalue weighted by atomic mass is 14.4. The van der Waals surface area contributed by atoms with E-state index in [1.807, 2.05) is 11.1 Å². The van der Waals surface area contributed by atoms with Gasteiger partial charge in [-0.15, -0.1) is 0 Å². The van der Waals surface area contributed by atoms with Gasteiger partial charge in [0.25, 0.3) is 0 Å². The van der Waals surface area contributed by atoms with Gasteiger partial charge in [-0.2, -0.15) is 0 Å². The van der Waals surface area contributed by atoms with E-state index in [1.54, 1.807) is 0 Å². The van der Waals surface area contributed by atoms with Crippen molar-refractivity contribution < 1.29 is 0 Å². The third kappa shape index (κ3) is 0.840. The molecule has 0 saturated heterocycles. The van der Waals surface area contributed by atoms with Crippen LogP contribution in [0.3, 0.4) is 0 Å². The van der Waals surface area contributed by atoms with E-state index in [9.17, 15) is 0 Å². The summed E-state index contributed by atoms with van der Waals surface area (Å²) in [6.07, 6.45) is 13.4. The van der Waals surface area contributed by atoms with E-state index in [2.05, 4.69) is 12.2 Å². The van der Waals surface area contributed by atoms with Crippen LogP contribution in [-0.4, -0.2) is 0 Å². The lowest BCUT2D eigenvalue weighted by atomic mass is 9.63. The quantitative estimate of drug-likeness (QED) is 0.476. The molecule has 4 bridgehead atoms. The molecular formula is C12H16. The van der Waals surface area contributed by atoms with Gasteiger partial charge >= 0.3 is 0 Å². The van der Waals surface area contributed by atoms with Gasteiger partial charge in [-0.1, -0.05) is 23.3 Å². The molecule has 0 radical (unpaired) electrons. The lowest BCUT2D eigenvalue weighted by molar-refractivity contribution is 0.308. The second kappa shape index (κ2) is 2.48. The van der Waals surface area contributed by atoms with Gasteiger partial charge in [0.2, 0.25) is 0 Å². The van der Waals surface area contributed by atoms with Crippen LogP contribution in [0, 0.1) is 11.8 Å². The molecular weight excluding hydrogens is 144 g/mol. The van der Waals surface area contributed by atoms with Gasteiger partial charge in [0.1, 0.15) is 0 Å². The average Bonchev–Trinajstić information content (AvgIpc) is 2.07. The molecule has 0 unspecified atom stereocenters. The summed E-state index contributed by atoms with van der Waals surface area (Å²) in [4.78, 5) is 0. The minimum absolute atomic E-state index is 0.979. The predicted molar refractivity (Wildman–Crippen MR) is 50.8 cm³/mol. The molecule has 0 N–H and O–H groups in total. The van der Waals surface area contributed by atoms with Crippen molar-refractivity contribution in [2.75, 3.05) is 0 Å². The van der Waals surface area contributed by atoms with Gasteiger partial charge in [0, 0.05) is 0 Å². The number of hydrogen-bond donors (Lipinski definition) is 0. The average molecular weight is 160 g/mol. The molecule has 0 aromatic heterocycles. The van der Waals surface area contributed by atoms with Crippen molar-refractivity contribution in [2.45, 2.75) is 38.5 Å². The van der Waals surface area contributed by atoms with Crippen molar-refractivity contribution in [3.8, 4) is 0 Å². The van der Waals surface area contributed by atoms with Gasteiger partial charge in [-0.3, -0.25) is 0 Å². The molecule has 64 valence electrons. The van der Waals surface area contributed by atoms with Crippen LogP contribution in [0.5, 0.6) is 0 Å². The molecule has 1 fully saturated rings. The predicted octanol–water partition coefficient (Wildman–Crippen LogP) is 3.45. The molecule has 12 heavy (non-hydrogen) atoms. The third-order valence-electron chi connectivity index (χ3n) is 3.91. The molecule has 2 atom stereocenters. The second-order valence-electron chi connectivity index (χ2n) is 4.43. The summed E-state index contributed by atoms with van der Waals surface area (Å²) in [5, 5.41) is 0. The summed E-state index contributed by atoms with van der Waals surface area (Å²) in [7, 11) is 0. The van der Waals surface area contributed by atoms with Crippen molar-refractivity contribution in [3.63, 3.8) is 0 Å². The SMILES string of the molecule is C1=C2CCC3=CCC[C@H]2[C@H]3CC1. The maximum Gasteiger partial charge on any atom is -0.0134 e. The fraction of sp³-hybridized carbons (Fsp3) is 0.667. The molecule has 0 aromatic rings. The van der Waals surface area contributed by atoms with Gasteiger partial charge in [0.15, 0.2) is 0 Å². The maximum absolute atomic E-state index is 2.53. The molecule has 1 saturated carbocycles. The molecule has 0 aromatic carbocycles. The maximum atomic E-state index is 2.53. The van der Waals surface area contributed by atoms with Crippen LogP contribution in [-0.2, 0) is 0 Å². The monoisotopic (exact) mass is 160 g/mol. The third-order valence-corrected chi connectivity index (χ3v) is 3.91. The molecule has 3 rings (SSSR count). The minimum Gasteiger partial charge on any atom is -0.0850 e. The smallest absolute Gasteiger partial charge is 0.0134 e. The highest BCUT2D eigenvalue weighted by molar-refractivity contribution is 5.28. The summed E-state index contributed by atoms with van der Waals surface area (Å²) in [6.45, 7) is 0. The fourth-order valence-corrected chi connectivity index (χ4v) is 3.35. The van der Waals surface area contributed by atoms with Crippen LogP contribution in [0.2, 0.25) is 0 Å². The molecule has 0 amide bonds.